The summed E-state index contributed by atoms with van der Waals surface area (Å²) in [5, 5.41) is 14.2. The molecule has 3 aromatic carbocycles. The van der Waals surface area contributed by atoms with Gasteiger partial charge >= 0.3 is 0 Å². The van der Waals surface area contributed by atoms with Crippen LogP contribution in [0.5, 0.6) is 5.75 Å². The Kier molecular flexibility index (Phi) is 4.69. The molecule has 1 N–H and O–H groups in total. The van der Waals surface area contributed by atoms with Crippen LogP contribution in [-0.4, -0.2) is 18.0 Å². The number of ether oxygens (including phenoxy) is 1. The maximum absolute atomic E-state index is 8.92. The number of oxime groups is 1. The van der Waals surface area contributed by atoms with Gasteiger partial charge in [0.1, 0.15) is 12.4 Å². The van der Waals surface area contributed by atoms with E-state index in [-0.39, 0.29) is 0 Å². The summed E-state index contributed by atoms with van der Waals surface area (Å²) in [7, 11) is 0. The highest BCUT2D eigenvalue weighted by atomic mass is 16.5. The average Bonchev–Trinajstić information content (AvgIpc) is 2.61. The summed E-state index contributed by atoms with van der Waals surface area (Å²) in [4.78, 5) is 0. The summed E-state index contributed by atoms with van der Waals surface area (Å²) in [6.45, 7) is 0.444. The lowest BCUT2D eigenvalue weighted by Gasteiger charge is -2.10. The molecule has 0 unspecified atom stereocenters. The van der Waals surface area contributed by atoms with E-state index in [2.05, 4.69) is 5.16 Å². The van der Waals surface area contributed by atoms with Crippen molar-refractivity contribution in [3.8, 4) is 5.75 Å². The van der Waals surface area contributed by atoms with Crippen molar-refractivity contribution in [2.45, 2.75) is 0 Å². The molecule has 114 valence electrons. The SMILES string of the molecule is O/N=C/c1c(OC/C=C/c2ccccc2)ccc2ccccc12. The van der Waals surface area contributed by atoms with E-state index in [9.17, 15) is 0 Å². The molecule has 0 aliphatic carbocycles. The zero-order valence-corrected chi connectivity index (χ0v) is 12.6. The maximum atomic E-state index is 8.92. The van der Waals surface area contributed by atoms with Crippen molar-refractivity contribution in [3.63, 3.8) is 0 Å². The van der Waals surface area contributed by atoms with Crippen molar-refractivity contribution in [1.29, 1.82) is 0 Å². The fourth-order valence-electron chi connectivity index (χ4n) is 2.48. The summed E-state index contributed by atoms with van der Waals surface area (Å²) < 4.78 is 5.83. The van der Waals surface area contributed by atoms with Gasteiger partial charge in [0.05, 0.1) is 6.21 Å². The molecule has 3 aromatic rings. The first-order valence-corrected chi connectivity index (χ1v) is 7.42. The van der Waals surface area contributed by atoms with Crippen LogP contribution in [0.1, 0.15) is 11.1 Å². The fourth-order valence-corrected chi connectivity index (χ4v) is 2.48. The Labute approximate surface area is 135 Å². The van der Waals surface area contributed by atoms with Gasteiger partial charge in [0.15, 0.2) is 0 Å². The summed E-state index contributed by atoms with van der Waals surface area (Å²) >= 11 is 0. The summed E-state index contributed by atoms with van der Waals surface area (Å²) in [6, 6.07) is 21.9. The van der Waals surface area contributed by atoms with Gasteiger partial charge in [0.25, 0.3) is 0 Å². The predicted octanol–water partition coefficient (Wildman–Crippen LogP) is 4.74. The molecule has 3 heteroatoms. The molecule has 0 amide bonds. The molecule has 0 saturated heterocycles. The molecule has 0 aliphatic rings. The Bertz CT molecular complexity index is 839. The Morgan fingerprint density at radius 3 is 2.52 bits per heavy atom. The molecule has 0 bridgehead atoms. The molecule has 0 aromatic heterocycles. The Hall–Kier alpha value is -3.07. The van der Waals surface area contributed by atoms with Crippen LogP contribution in [0.2, 0.25) is 0 Å². The third-order valence-corrected chi connectivity index (χ3v) is 3.56. The van der Waals surface area contributed by atoms with E-state index in [1.165, 1.54) is 6.21 Å². The quantitative estimate of drug-likeness (QED) is 0.420. The van der Waals surface area contributed by atoms with E-state index in [0.29, 0.717) is 12.4 Å². The molecule has 0 atom stereocenters. The number of benzene rings is 3. The first-order chi connectivity index (χ1) is 11.4. The minimum Gasteiger partial charge on any atom is -0.489 e. The molecule has 0 radical (unpaired) electrons. The number of hydrogen-bond donors (Lipinski definition) is 1. The third-order valence-electron chi connectivity index (χ3n) is 3.56. The van der Waals surface area contributed by atoms with Crippen LogP contribution < -0.4 is 4.74 Å². The molecule has 0 fully saturated rings. The van der Waals surface area contributed by atoms with E-state index in [1.807, 2.05) is 78.9 Å². The topological polar surface area (TPSA) is 41.8 Å². The highest BCUT2D eigenvalue weighted by Crippen LogP contribution is 2.26. The number of nitrogens with zero attached hydrogens (tertiary/aromatic N) is 1. The van der Waals surface area contributed by atoms with Gasteiger partial charge in [-0.05, 0) is 28.5 Å². The number of rotatable bonds is 5. The Morgan fingerprint density at radius 2 is 1.70 bits per heavy atom. The highest BCUT2D eigenvalue weighted by Gasteiger charge is 2.06. The first-order valence-electron chi connectivity index (χ1n) is 7.42. The monoisotopic (exact) mass is 303 g/mol. The van der Waals surface area contributed by atoms with E-state index < -0.39 is 0 Å². The van der Waals surface area contributed by atoms with Crippen molar-refractivity contribution in [2.24, 2.45) is 5.16 Å². The molecule has 0 saturated carbocycles. The molecular weight excluding hydrogens is 286 g/mol. The molecular formula is C20H17NO2. The highest BCUT2D eigenvalue weighted by molar-refractivity contribution is 6.02. The summed E-state index contributed by atoms with van der Waals surface area (Å²) in [5.41, 5.74) is 1.91. The van der Waals surface area contributed by atoms with Gasteiger partial charge < -0.3 is 9.94 Å². The van der Waals surface area contributed by atoms with Gasteiger partial charge in [0, 0.05) is 5.56 Å². The molecule has 0 aliphatic heterocycles. The zero-order valence-electron chi connectivity index (χ0n) is 12.6. The first kappa shape index (κ1) is 14.9. The minimum atomic E-state index is 0.444. The van der Waals surface area contributed by atoms with Gasteiger partial charge in [-0.15, -0.1) is 0 Å². The van der Waals surface area contributed by atoms with Crippen LogP contribution in [0.3, 0.4) is 0 Å². The lowest BCUT2D eigenvalue weighted by Crippen LogP contribution is -1.98. The van der Waals surface area contributed by atoms with Gasteiger partial charge in [-0.1, -0.05) is 71.9 Å². The second kappa shape index (κ2) is 7.27. The van der Waals surface area contributed by atoms with Crippen molar-refractivity contribution in [2.75, 3.05) is 6.61 Å². The normalized spacial score (nSPS) is 11.5. The summed E-state index contributed by atoms with van der Waals surface area (Å²) in [6.07, 6.45) is 5.39. The van der Waals surface area contributed by atoms with E-state index in [4.69, 9.17) is 9.94 Å². The largest absolute Gasteiger partial charge is 0.489 e. The molecule has 23 heavy (non-hydrogen) atoms. The van der Waals surface area contributed by atoms with Crippen LogP contribution in [0, 0.1) is 0 Å². The Morgan fingerprint density at radius 1 is 0.913 bits per heavy atom. The minimum absolute atomic E-state index is 0.444. The van der Waals surface area contributed by atoms with Gasteiger partial charge in [0.2, 0.25) is 0 Å². The number of fused-ring (bicyclic) bond motifs is 1. The molecule has 0 heterocycles. The average molecular weight is 303 g/mol. The summed E-state index contributed by atoms with van der Waals surface area (Å²) in [5.74, 6) is 0.694. The van der Waals surface area contributed by atoms with Crippen LogP contribution in [-0.2, 0) is 0 Å². The van der Waals surface area contributed by atoms with Crippen LogP contribution in [0.25, 0.3) is 16.8 Å². The van der Waals surface area contributed by atoms with Crippen LogP contribution in [0.4, 0.5) is 0 Å². The van der Waals surface area contributed by atoms with E-state index in [0.717, 1.165) is 21.9 Å². The van der Waals surface area contributed by atoms with Crippen LogP contribution >= 0.6 is 0 Å². The smallest absolute Gasteiger partial charge is 0.129 e. The predicted molar refractivity (Wildman–Crippen MR) is 94.3 cm³/mol. The van der Waals surface area contributed by atoms with Crippen molar-refractivity contribution in [3.05, 3.63) is 83.9 Å². The second-order valence-corrected chi connectivity index (χ2v) is 5.07. The lowest BCUT2D eigenvalue weighted by atomic mass is 10.0. The molecule has 3 nitrogen and oxygen atoms in total. The van der Waals surface area contributed by atoms with Gasteiger partial charge in [-0.25, -0.2) is 0 Å². The van der Waals surface area contributed by atoms with Gasteiger partial charge in [-0.3, -0.25) is 0 Å². The van der Waals surface area contributed by atoms with Crippen molar-refractivity contribution < 1.29 is 9.94 Å². The van der Waals surface area contributed by atoms with Crippen molar-refractivity contribution in [1.82, 2.24) is 0 Å². The second-order valence-electron chi connectivity index (χ2n) is 5.07. The standard InChI is InChI=1S/C20H17NO2/c22-21-15-19-18-11-5-4-10-17(18)12-13-20(19)23-14-6-9-16-7-2-1-3-8-16/h1-13,15,22H,14H2/b9-6+,21-15+. The van der Waals surface area contributed by atoms with E-state index in [1.54, 1.807) is 0 Å². The van der Waals surface area contributed by atoms with E-state index >= 15 is 0 Å². The molecule has 0 spiro atoms. The lowest BCUT2D eigenvalue weighted by molar-refractivity contribution is 0.321. The number of hydrogen-bond acceptors (Lipinski definition) is 3. The Balaban J connectivity index is 1.80. The molecule has 3 rings (SSSR count). The van der Waals surface area contributed by atoms with Crippen LogP contribution in [0.15, 0.2) is 78.0 Å². The maximum Gasteiger partial charge on any atom is 0.129 e. The zero-order chi connectivity index (χ0) is 15.9. The van der Waals surface area contributed by atoms with Gasteiger partial charge in [-0.2, -0.15) is 0 Å². The third kappa shape index (κ3) is 3.58. The van der Waals surface area contributed by atoms with Crippen molar-refractivity contribution >= 4 is 23.1 Å². The fraction of sp³-hybridized carbons (Fsp3) is 0.0500.